The molecule has 1 saturated heterocycles. The van der Waals surface area contributed by atoms with E-state index >= 15 is 0 Å². The van der Waals surface area contributed by atoms with Gasteiger partial charge in [-0.05, 0) is 50.1 Å². The highest BCUT2D eigenvalue weighted by molar-refractivity contribution is 5.70. The molecule has 0 aliphatic carbocycles. The fourth-order valence-electron chi connectivity index (χ4n) is 3.17. The van der Waals surface area contributed by atoms with Crippen molar-refractivity contribution in [1.82, 2.24) is 9.88 Å². The number of hydrogen-bond acceptors (Lipinski definition) is 4. The molecule has 0 radical (unpaired) electrons. The fourth-order valence-corrected chi connectivity index (χ4v) is 3.17. The second-order valence-corrected chi connectivity index (χ2v) is 6.35. The fraction of sp³-hybridized carbons (Fsp3) is 0.450. The molecule has 4 nitrogen and oxygen atoms in total. The zero-order valence-electron chi connectivity index (χ0n) is 14.8. The van der Waals surface area contributed by atoms with Crippen LogP contribution in [0.5, 0.6) is 11.5 Å². The molecule has 0 spiro atoms. The number of pyridine rings is 1. The number of methoxy groups -OCH3 is 1. The van der Waals surface area contributed by atoms with E-state index in [4.69, 9.17) is 9.47 Å². The van der Waals surface area contributed by atoms with Crippen molar-refractivity contribution in [3.05, 3.63) is 42.1 Å². The van der Waals surface area contributed by atoms with Crippen LogP contribution in [-0.4, -0.2) is 43.2 Å². The van der Waals surface area contributed by atoms with Crippen LogP contribution in [0.3, 0.4) is 0 Å². The van der Waals surface area contributed by atoms with Crippen LogP contribution >= 0.6 is 0 Å². The number of piperidine rings is 1. The first kappa shape index (κ1) is 16.8. The lowest BCUT2D eigenvalue weighted by molar-refractivity contribution is 0.113. The molecule has 3 rings (SSSR count). The molecule has 2 heterocycles. The van der Waals surface area contributed by atoms with Crippen LogP contribution in [-0.2, 0) is 6.42 Å². The summed E-state index contributed by atoms with van der Waals surface area (Å²) in [5, 5.41) is 0. The van der Waals surface area contributed by atoms with Crippen molar-refractivity contribution in [1.29, 1.82) is 0 Å². The van der Waals surface area contributed by atoms with Gasteiger partial charge in [-0.3, -0.25) is 4.98 Å². The maximum Gasteiger partial charge on any atom is 0.131 e. The lowest BCUT2D eigenvalue weighted by Gasteiger charge is -2.30. The second-order valence-electron chi connectivity index (χ2n) is 6.35. The smallest absolute Gasteiger partial charge is 0.131 e. The van der Waals surface area contributed by atoms with Crippen molar-refractivity contribution >= 4 is 0 Å². The van der Waals surface area contributed by atoms with Gasteiger partial charge in [0.1, 0.15) is 17.6 Å². The minimum Gasteiger partial charge on any atom is -0.496 e. The Bertz CT molecular complexity index is 665. The highest BCUT2D eigenvalue weighted by Gasteiger charge is 2.20. The molecule has 128 valence electrons. The monoisotopic (exact) mass is 326 g/mol. The third kappa shape index (κ3) is 3.70. The number of likely N-dealkylation sites (tertiary alicyclic amines) is 1. The molecule has 1 aliphatic heterocycles. The van der Waals surface area contributed by atoms with Gasteiger partial charge in [-0.15, -0.1) is 0 Å². The summed E-state index contributed by atoms with van der Waals surface area (Å²) in [6, 6.07) is 10.1. The highest BCUT2D eigenvalue weighted by atomic mass is 16.5. The lowest BCUT2D eigenvalue weighted by atomic mass is 10.0. The van der Waals surface area contributed by atoms with Gasteiger partial charge >= 0.3 is 0 Å². The SMILES string of the molecule is CCc1cc(-c2ccccn2)c(OC)cc1OC1CCN(C)CC1. The van der Waals surface area contributed by atoms with E-state index in [9.17, 15) is 0 Å². The first-order chi connectivity index (χ1) is 11.7. The van der Waals surface area contributed by atoms with E-state index in [-0.39, 0.29) is 6.10 Å². The van der Waals surface area contributed by atoms with Gasteiger partial charge in [-0.2, -0.15) is 0 Å². The Morgan fingerprint density at radius 2 is 1.96 bits per heavy atom. The van der Waals surface area contributed by atoms with E-state index in [0.717, 1.165) is 55.1 Å². The Morgan fingerprint density at radius 1 is 1.17 bits per heavy atom. The summed E-state index contributed by atoms with van der Waals surface area (Å²) >= 11 is 0. The Labute approximate surface area is 144 Å². The Kier molecular flexibility index (Phi) is 5.36. The van der Waals surface area contributed by atoms with Crippen molar-refractivity contribution < 1.29 is 9.47 Å². The molecule has 1 aliphatic rings. The van der Waals surface area contributed by atoms with Crippen molar-refractivity contribution in [3.8, 4) is 22.8 Å². The Hall–Kier alpha value is -2.07. The van der Waals surface area contributed by atoms with Gasteiger partial charge in [-0.25, -0.2) is 0 Å². The zero-order valence-corrected chi connectivity index (χ0v) is 14.8. The van der Waals surface area contributed by atoms with Crippen molar-refractivity contribution in [3.63, 3.8) is 0 Å². The van der Waals surface area contributed by atoms with Crippen molar-refractivity contribution in [2.24, 2.45) is 0 Å². The van der Waals surface area contributed by atoms with E-state index < -0.39 is 0 Å². The zero-order chi connectivity index (χ0) is 16.9. The van der Waals surface area contributed by atoms with Crippen LogP contribution in [0.1, 0.15) is 25.3 Å². The molecule has 1 aromatic carbocycles. The summed E-state index contributed by atoms with van der Waals surface area (Å²) in [5.41, 5.74) is 3.15. The molecule has 4 heteroatoms. The topological polar surface area (TPSA) is 34.6 Å². The molecule has 24 heavy (non-hydrogen) atoms. The minimum absolute atomic E-state index is 0.289. The van der Waals surface area contributed by atoms with Crippen LogP contribution in [0.2, 0.25) is 0 Å². The molecule has 1 fully saturated rings. The minimum atomic E-state index is 0.289. The molecule has 1 aromatic heterocycles. The van der Waals surface area contributed by atoms with E-state index in [0.29, 0.717) is 0 Å². The lowest BCUT2D eigenvalue weighted by Crippen LogP contribution is -2.35. The van der Waals surface area contributed by atoms with Gasteiger partial charge in [0.15, 0.2) is 0 Å². The predicted octanol–water partition coefficient (Wildman–Crippen LogP) is 3.79. The van der Waals surface area contributed by atoms with Crippen molar-refractivity contribution in [2.75, 3.05) is 27.2 Å². The van der Waals surface area contributed by atoms with E-state index in [1.165, 1.54) is 5.56 Å². The van der Waals surface area contributed by atoms with Crippen LogP contribution in [0.4, 0.5) is 0 Å². The molecule has 0 amide bonds. The number of aromatic nitrogens is 1. The highest BCUT2D eigenvalue weighted by Crippen LogP contribution is 2.36. The van der Waals surface area contributed by atoms with Gasteiger partial charge in [0.25, 0.3) is 0 Å². The van der Waals surface area contributed by atoms with E-state index in [2.05, 4.69) is 29.9 Å². The average molecular weight is 326 g/mol. The molecule has 0 N–H and O–H groups in total. The summed E-state index contributed by atoms with van der Waals surface area (Å²) < 4.78 is 11.9. The first-order valence-corrected chi connectivity index (χ1v) is 8.68. The van der Waals surface area contributed by atoms with Crippen LogP contribution in [0.25, 0.3) is 11.3 Å². The molecule has 2 aromatic rings. The summed E-state index contributed by atoms with van der Waals surface area (Å²) in [6.45, 7) is 4.34. The largest absolute Gasteiger partial charge is 0.496 e. The van der Waals surface area contributed by atoms with Gasteiger partial charge in [0, 0.05) is 30.9 Å². The Balaban J connectivity index is 1.90. The molecule has 0 saturated carbocycles. The summed E-state index contributed by atoms with van der Waals surface area (Å²) in [4.78, 5) is 6.81. The van der Waals surface area contributed by atoms with Crippen molar-refractivity contribution in [2.45, 2.75) is 32.3 Å². The third-order valence-corrected chi connectivity index (χ3v) is 4.66. The van der Waals surface area contributed by atoms with Gasteiger partial charge < -0.3 is 14.4 Å². The molecular formula is C20H26N2O2. The summed E-state index contributed by atoms with van der Waals surface area (Å²) in [6.07, 6.45) is 5.17. The molecular weight excluding hydrogens is 300 g/mol. The summed E-state index contributed by atoms with van der Waals surface area (Å²) in [5.74, 6) is 1.76. The average Bonchev–Trinajstić information content (AvgIpc) is 2.64. The molecule has 0 bridgehead atoms. The summed E-state index contributed by atoms with van der Waals surface area (Å²) in [7, 11) is 3.87. The van der Waals surface area contributed by atoms with Crippen LogP contribution < -0.4 is 9.47 Å². The number of benzene rings is 1. The molecule has 0 unspecified atom stereocenters. The normalized spacial score (nSPS) is 16.1. The maximum atomic E-state index is 6.33. The van der Waals surface area contributed by atoms with Crippen LogP contribution in [0.15, 0.2) is 36.5 Å². The third-order valence-electron chi connectivity index (χ3n) is 4.66. The number of hydrogen-bond donors (Lipinski definition) is 0. The van der Waals surface area contributed by atoms with Gasteiger partial charge in [0.2, 0.25) is 0 Å². The van der Waals surface area contributed by atoms with Gasteiger partial charge in [0.05, 0.1) is 12.8 Å². The van der Waals surface area contributed by atoms with Gasteiger partial charge in [-0.1, -0.05) is 13.0 Å². The van der Waals surface area contributed by atoms with Crippen LogP contribution in [0, 0.1) is 0 Å². The number of ether oxygens (including phenoxy) is 2. The quantitative estimate of drug-likeness (QED) is 0.837. The standard InChI is InChI=1S/C20H26N2O2/c1-4-15-13-17(18-7-5-6-10-21-18)20(23-3)14-19(15)24-16-8-11-22(2)12-9-16/h5-7,10,13-14,16H,4,8-9,11-12H2,1-3H3. The maximum absolute atomic E-state index is 6.33. The first-order valence-electron chi connectivity index (χ1n) is 8.68. The Morgan fingerprint density at radius 3 is 2.58 bits per heavy atom. The number of nitrogens with zero attached hydrogens (tertiary/aromatic N) is 2. The van der Waals surface area contributed by atoms with E-state index in [1.54, 1.807) is 7.11 Å². The van der Waals surface area contributed by atoms with E-state index in [1.807, 2.05) is 30.5 Å². The molecule has 0 atom stereocenters. The second kappa shape index (κ2) is 7.67. The predicted molar refractivity (Wildman–Crippen MR) is 96.8 cm³/mol. The number of rotatable bonds is 5. The number of aryl methyl sites for hydroxylation is 1.